The topological polar surface area (TPSA) is 49.6 Å². The van der Waals surface area contributed by atoms with Gasteiger partial charge in [-0.2, -0.15) is 0 Å². The largest absolute Gasteiger partial charge is 0.341 e. The summed E-state index contributed by atoms with van der Waals surface area (Å²) in [5.74, 6) is 0.162. The van der Waals surface area contributed by atoms with Gasteiger partial charge >= 0.3 is 0 Å². The molecule has 2 aliphatic heterocycles. The number of nitrogens with zero attached hydrogens (tertiary/aromatic N) is 2. The predicted molar refractivity (Wildman–Crippen MR) is 77.9 cm³/mol. The van der Waals surface area contributed by atoms with Crippen LogP contribution in [-0.4, -0.2) is 53.5 Å². The monoisotopic (exact) mass is 267 g/mol. The zero-order valence-corrected chi connectivity index (χ0v) is 12.5. The SMILES string of the molecule is CCC[C@@H](N)C(=O)N1CCC(N2CCC[C@@H]2C)CC1. The van der Waals surface area contributed by atoms with Crippen LogP contribution >= 0.6 is 0 Å². The fourth-order valence-electron chi connectivity index (χ4n) is 3.58. The molecule has 2 N–H and O–H groups in total. The molecule has 0 saturated carbocycles. The average molecular weight is 267 g/mol. The van der Waals surface area contributed by atoms with E-state index < -0.39 is 0 Å². The van der Waals surface area contributed by atoms with Crippen LogP contribution in [0.15, 0.2) is 0 Å². The van der Waals surface area contributed by atoms with E-state index in [4.69, 9.17) is 5.73 Å². The average Bonchev–Trinajstić information content (AvgIpc) is 2.84. The molecule has 110 valence electrons. The van der Waals surface area contributed by atoms with Crippen molar-refractivity contribution in [3.8, 4) is 0 Å². The van der Waals surface area contributed by atoms with E-state index in [2.05, 4.69) is 18.7 Å². The van der Waals surface area contributed by atoms with Gasteiger partial charge in [0.2, 0.25) is 5.91 Å². The van der Waals surface area contributed by atoms with Gasteiger partial charge in [-0.1, -0.05) is 13.3 Å². The third-order valence-corrected chi connectivity index (χ3v) is 4.77. The molecule has 2 saturated heterocycles. The van der Waals surface area contributed by atoms with Crippen LogP contribution in [0.4, 0.5) is 0 Å². The first-order valence-corrected chi connectivity index (χ1v) is 7.93. The summed E-state index contributed by atoms with van der Waals surface area (Å²) in [6, 6.07) is 1.13. The molecule has 0 aromatic heterocycles. The summed E-state index contributed by atoms with van der Waals surface area (Å²) < 4.78 is 0. The Balaban J connectivity index is 1.80. The minimum atomic E-state index is -0.285. The quantitative estimate of drug-likeness (QED) is 0.841. The minimum absolute atomic E-state index is 0.162. The van der Waals surface area contributed by atoms with Crippen LogP contribution in [0, 0.1) is 0 Å². The van der Waals surface area contributed by atoms with Crippen LogP contribution in [-0.2, 0) is 4.79 Å². The Morgan fingerprint density at radius 3 is 2.47 bits per heavy atom. The van der Waals surface area contributed by atoms with Crippen LogP contribution in [0.25, 0.3) is 0 Å². The molecular formula is C15H29N3O. The van der Waals surface area contributed by atoms with E-state index in [-0.39, 0.29) is 11.9 Å². The third kappa shape index (κ3) is 3.48. The summed E-state index contributed by atoms with van der Waals surface area (Å²) in [6.45, 7) is 7.44. The van der Waals surface area contributed by atoms with Gasteiger partial charge < -0.3 is 10.6 Å². The Kier molecular flexibility index (Phi) is 5.22. The number of hydrogen-bond donors (Lipinski definition) is 1. The lowest BCUT2D eigenvalue weighted by Crippen LogP contribution is -2.51. The number of piperidine rings is 1. The molecule has 1 amide bonds. The second kappa shape index (κ2) is 6.71. The molecule has 0 unspecified atom stereocenters. The molecule has 0 aliphatic carbocycles. The van der Waals surface area contributed by atoms with Gasteiger partial charge in [0.15, 0.2) is 0 Å². The molecule has 4 heteroatoms. The number of rotatable bonds is 4. The van der Waals surface area contributed by atoms with Gasteiger partial charge in [-0.05, 0) is 45.6 Å². The molecule has 2 aliphatic rings. The lowest BCUT2D eigenvalue weighted by Gasteiger charge is -2.39. The van der Waals surface area contributed by atoms with Crippen molar-refractivity contribution < 1.29 is 4.79 Å². The van der Waals surface area contributed by atoms with Gasteiger partial charge in [0.05, 0.1) is 6.04 Å². The normalized spacial score (nSPS) is 27.7. The van der Waals surface area contributed by atoms with Gasteiger partial charge in [0.1, 0.15) is 0 Å². The van der Waals surface area contributed by atoms with E-state index in [9.17, 15) is 4.79 Å². The van der Waals surface area contributed by atoms with E-state index in [1.54, 1.807) is 0 Å². The van der Waals surface area contributed by atoms with Crippen LogP contribution in [0.3, 0.4) is 0 Å². The molecular weight excluding hydrogens is 238 g/mol. The van der Waals surface area contributed by atoms with Crippen LogP contribution < -0.4 is 5.73 Å². The highest BCUT2D eigenvalue weighted by Crippen LogP contribution is 2.25. The number of carbonyl (C=O) groups is 1. The summed E-state index contributed by atoms with van der Waals surface area (Å²) in [4.78, 5) is 16.8. The van der Waals surface area contributed by atoms with E-state index in [1.165, 1.54) is 19.4 Å². The van der Waals surface area contributed by atoms with Crippen molar-refractivity contribution in [1.29, 1.82) is 0 Å². The molecule has 2 heterocycles. The molecule has 19 heavy (non-hydrogen) atoms. The summed E-state index contributed by atoms with van der Waals surface area (Å²) in [6.07, 6.45) is 6.70. The number of carbonyl (C=O) groups excluding carboxylic acids is 1. The zero-order valence-electron chi connectivity index (χ0n) is 12.5. The van der Waals surface area contributed by atoms with E-state index in [0.29, 0.717) is 6.04 Å². The fourth-order valence-corrected chi connectivity index (χ4v) is 3.58. The van der Waals surface area contributed by atoms with Gasteiger partial charge in [-0.25, -0.2) is 0 Å². The summed E-state index contributed by atoms with van der Waals surface area (Å²) in [7, 11) is 0. The van der Waals surface area contributed by atoms with Crippen LogP contribution in [0.1, 0.15) is 52.4 Å². The van der Waals surface area contributed by atoms with Crippen molar-refractivity contribution >= 4 is 5.91 Å². The van der Waals surface area contributed by atoms with Crippen LogP contribution in [0.5, 0.6) is 0 Å². The van der Waals surface area contributed by atoms with Gasteiger partial charge in [-0.15, -0.1) is 0 Å². The number of nitrogens with two attached hydrogens (primary N) is 1. The predicted octanol–water partition coefficient (Wildman–Crippen LogP) is 1.59. The second-order valence-electron chi connectivity index (χ2n) is 6.18. The maximum atomic E-state index is 12.2. The van der Waals surface area contributed by atoms with E-state index >= 15 is 0 Å². The van der Waals surface area contributed by atoms with Gasteiger partial charge in [0, 0.05) is 25.2 Å². The maximum absolute atomic E-state index is 12.2. The van der Waals surface area contributed by atoms with Crippen molar-refractivity contribution in [1.82, 2.24) is 9.80 Å². The first-order chi connectivity index (χ1) is 9.13. The Labute approximate surface area is 117 Å². The van der Waals surface area contributed by atoms with E-state index in [0.717, 1.165) is 44.8 Å². The van der Waals surface area contributed by atoms with Gasteiger partial charge in [0.25, 0.3) is 0 Å². The van der Waals surface area contributed by atoms with Crippen LogP contribution in [0.2, 0.25) is 0 Å². The molecule has 2 fully saturated rings. The molecule has 0 aromatic rings. The van der Waals surface area contributed by atoms with Gasteiger partial charge in [-0.3, -0.25) is 9.69 Å². The third-order valence-electron chi connectivity index (χ3n) is 4.77. The minimum Gasteiger partial charge on any atom is -0.341 e. The summed E-state index contributed by atoms with van der Waals surface area (Å²) in [5.41, 5.74) is 5.94. The Morgan fingerprint density at radius 1 is 1.26 bits per heavy atom. The highest BCUT2D eigenvalue weighted by Gasteiger charge is 2.32. The summed E-state index contributed by atoms with van der Waals surface area (Å²) in [5, 5.41) is 0. The smallest absolute Gasteiger partial charge is 0.239 e. The molecule has 0 bridgehead atoms. The van der Waals surface area contributed by atoms with E-state index in [1.807, 2.05) is 4.90 Å². The molecule has 4 nitrogen and oxygen atoms in total. The zero-order chi connectivity index (χ0) is 13.8. The second-order valence-corrected chi connectivity index (χ2v) is 6.18. The molecule has 0 radical (unpaired) electrons. The molecule has 0 aromatic carbocycles. The fraction of sp³-hybridized carbons (Fsp3) is 0.933. The number of amides is 1. The Hall–Kier alpha value is -0.610. The Morgan fingerprint density at radius 2 is 1.95 bits per heavy atom. The Bertz CT molecular complexity index is 300. The first kappa shape index (κ1) is 14.8. The molecule has 0 spiro atoms. The first-order valence-electron chi connectivity index (χ1n) is 7.93. The molecule has 2 atom stereocenters. The summed E-state index contributed by atoms with van der Waals surface area (Å²) >= 11 is 0. The van der Waals surface area contributed by atoms with Crippen molar-refractivity contribution in [2.75, 3.05) is 19.6 Å². The molecule has 2 rings (SSSR count). The van der Waals surface area contributed by atoms with Crippen molar-refractivity contribution in [3.63, 3.8) is 0 Å². The maximum Gasteiger partial charge on any atom is 0.239 e. The standard InChI is InChI=1S/C15H29N3O/c1-3-5-14(16)15(19)17-10-7-13(8-11-17)18-9-4-6-12(18)2/h12-14H,3-11,16H2,1-2H3/t12-,14+/m0/s1. The van der Waals surface area contributed by atoms with Crippen molar-refractivity contribution in [3.05, 3.63) is 0 Å². The lowest BCUT2D eigenvalue weighted by molar-refractivity contribution is -0.134. The lowest BCUT2D eigenvalue weighted by atomic mass is 10.0. The highest BCUT2D eigenvalue weighted by molar-refractivity contribution is 5.81. The van der Waals surface area contributed by atoms with Crippen molar-refractivity contribution in [2.24, 2.45) is 5.73 Å². The highest BCUT2D eigenvalue weighted by atomic mass is 16.2. The van der Waals surface area contributed by atoms with Crippen molar-refractivity contribution in [2.45, 2.75) is 70.5 Å². The number of likely N-dealkylation sites (tertiary alicyclic amines) is 2. The number of hydrogen-bond acceptors (Lipinski definition) is 3.